The Balaban J connectivity index is 2.53. The van der Waals surface area contributed by atoms with Crippen LogP contribution in [-0.4, -0.2) is 9.97 Å². The molecule has 0 unspecified atom stereocenters. The SMILES string of the molecule is Cc1ccc(Br)cc1-c1ccnc(NN)n1. The van der Waals surface area contributed by atoms with Crippen molar-refractivity contribution in [1.82, 2.24) is 9.97 Å². The molecule has 0 saturated heterocycles. The van der Waals surface area contributed by atoms with Crippen molar-refractivity contribution in [3.8, 4) is 11.3 Å². The van der Waals surface area contributed by atoms with Crippen molar-refractivity contribution in [3.05, 3.63) is 40.5 Å². The third kappa shape index (κ3) is 2.20. The summed E-state index contributed by atoms with van der Waals surface area (Å²) in [5.41, 5.74) is 5.51. The molecule has 1 aromatic heterocycles. The lowest BCUT2D eigenvalue weighted by molar-refractivity contribution is 1.12. The number of anilines is 1. The predicted molar refractivity (Wildman–Crippen MR) is 67.7 cm³/mol. The van der Waals surface area contributed by atoms with Gasteiger partial charge in [-0.25, -0.2) is 15.8 Å². The van der Waals surface area contributed by atoms with Crippen LogP contribution in [0.15, 0.2) is 34.9 Å². The van der Waals surface area contributed by atoms with Crippen LogP contribution in [0.3, 0.4) is 0 Å². The van der Waals surface area contributed by atoms with Gasteiger partial charge in [-0.1, -0.05) is 22.0 Å². The first-order chi connectivity index (χ1) is 7.70. The Labute approximate surface area is 102 Å². The van der Waals surface area contributed by atoms with Crippen molar-refractivity contribution in [1.29, 1.82) is 0 Å². The Bertz CT molecular complexity index is 513. The molecule has 0 radical (unpaired) electrons. The van der Waals surface area contributed by atoms with E-state index in [9.17, 15) is 0 Å². The lowest BCUT2D eigenvalue weighted by Crippen LogP contribution is -2.10. The van der Waals surface area contributed by atoms with Crippen molar-refractivity contribution >= 4 is 21.9 Å². The molecule has 0 atom stereocenters. The fraction of sp³-hybridized carbons (Fsp3) is 0.0909. The van der Waals surface area contributed by atoms with Crippen LogP contribution in [-0.2, 0) is 0 Å². The molecule has 1 heterocycles. The van der Waals surface area contributed by atoms with Crippen molar-refractivity contribution < 1.29 is 0 Å². The van der Waals surface area contributed by atoms with Gasteiger partial charge in [-0.2, -0.15) is 0 Å². The summed E-state index contributed by atoms with van der Waals surface area (Å²) < 4.78 is 1.02. The van der Waals surface area contributed by atoms with E-state index >= 15 is 0 Å². The largest absolute Gasteiger partial charge is 0.292 e. The quantitative estimate of drug-likeness (QED) is 0.655. The van der Waals surface area contributed by atoms with Gasteiger partial charge >= 0.3 is 0 Å². The van der Waals surface area contributed by atoms with Gasteiger partial charge < -0.3 is 0 Å². The van der Waals surface area contributed by atoms with Crippen LogP contribution in [0.5, 0.6) is 0 Å². The van der Waals surface area contributed by atoms with Gasteiger partial charge in [0.25, 0.3) is 0 Å². The van der Waals surface area contributed by atoms with E-state index in [-0.39, 0.29) is 0 Å². The highest BCUT2D eigenvalue weighted by Gasteiger charge is 2.05. The topological polar surface area (TPSA) is 63.8 Å². The van der Waals surface area contributed by atoms with E-state index in [1.807, 2.05) is 31.2 Å². The van der Waals surface area contributed by atoms with E-state index in [2.05, 4.69) is 31.3 Å². The molecule has 0 spiro atoms. The van der Waals surface area contributed by atoms with Gasteiger partial charge in [-0.05, 0) is 30.7 Å². The summed E-state index contributed by atoms with van der Waals surface area (Å²) in [4.78, 5) is 8.27. The van der Waals surface area contributed by atoms with Gasteiger partial charge in [-0.3, -0.25) is 5.43 Å². The number of nitrogens with two attached hydrogens (primary N) is 1. The van der Waals surface area contributed by atoms with E-state index in [0.29, 0.717) is 5.95 Å². The van der Waals surface area contributed by atoms with Gasteiger partial charge in [-0.15, -0.1) is 0 Å². The van der Waals surface area contributed by atoms with Crippen LogP contribution < -0.4 is 11.3 Å². The number of hydrogen-bond donors (Lipinski definition) is 2. The number of nitrogens with zero attached hydrogens (tertiary/aromatic N) is 2. The molecular weight excluding hydrogens is 268 g/mol. The van der Waals surface area contributed by atoms with E-state index in [1.54, 1.807) is 6.20 Å². The fourth-order valence-corrected chi connectivity index (χ4v) is 1.81. The second-order valence-corrected chi connectivity index (χ2v) is 4.28. The molecule has 2 aromatic rings. The minimum atomic E-state index is 0.414. The number of rotatable bonds is 2. The maximum absolute atomic E-state index is 5.28. The van der Waals surface area contributed by atoms with Crippen LogP contribution in [0.25, 0.3) is 11.3 Å². The smallest absolute Gasteiger partial charge is 0.237 e. The highest BCUT2D eigenvalue weighted by Crippen LogP contribution is 2.25. The second-order valence-electron chi connectivity index (χ2n) is 3.37. The zero-order valence-electron chi connectivity index (χ0n) is 8.74. The zero-order chi connectivity index (χ0) is 11.5. The first kappa shape index (κ1) is 11.0. The molecule has 82 valence electrons. The standard InChI is InChI=1S/C11H11BrN4/c1-7-2-3-8(12)6-9(7)10-4-5-14-11(15-10)16-13/h2-6H,13H2,1H3,(H,14,15,16). The Kier molecular flexibility index (Phi) is 3.17. The van der Waals surface area contributed by atoms with E-state index in [0.717, 1.165) is 21.3 Å². The number of nitrogen functional groups attached to an aromatic ring is 1. The lowest BCUT2D eigenvalue weighted by atomic mass is 10.1. The molecule has 4 nitrogen and oxygen atoms in total. The summed E-state index contributed by atoms with van der Waals surface area (Å²) in [5, 5.41) is 0. The molecule has 0 saturated carbocycles. The normalized spacial score (nSPS) is 10.2. The Morgan fingerprint density at radius 3 is 2.88 bits per heavy atom. The molecule has 0 bridgehead atoms. The van der Waals surface area contributed by atoms with Crippen LogP contribution >= 0.6 is 15.9 Å². The highest BCUT2D eigenvalue weighted by atomic mass is 79.9. The number of hydrazine groups is 1. The van der Waals surface area contributed by atoms with Crippen molar-refractivity contribution in [3.63, 3.8) is 0 Å². The maximum Gasteiger partial charge on any atom is 0.237 e. The fourth-order valence-electron chi connectivity index (χ4n) is 1.45. The molecule has 0 amide bonds. The molecule has 5 heteroatoms. The van der Waals surface area contributed by atoms with Gasteiger partial charge in [0.05, 0.1) is 5.69 Å². The number of aromatic nitrogens is 2. The highest BCUT2D eigenvalue weighted by molar-refractivity contribution is 9.10. The minimum absolute atomic E-state index is 0.414. The minimum Gasteiger partial charge on any atom is -0.292 e. The average Bonchev–Trinajstić information content (AvgIpc) is 2.32. The second kappa shape index (κ2) is 4.59. The van der Waals surface area contributed by atoms with Crippen molar-refractivity contribution in [2.24, 2.45) is 5.84 Å². The first-order valence-electron chi connectivity index (χ1n) is 4.77. The summed E-state index contributed by atoms with van der Waals surface area (Å²) in [6.45, 7) is 2.04. The zero-order valence-corrected chi connectivity index (χ0v) is 10.3. The lowest BCUT2D eigenvalue weighted by Gasteiger charge is -2.06. The van der Waals surface area contributed by atoms with E-state index in [1.165, 1.54) is 0 Å². The average molecular weight is 279 g/mol. The molecular formula is C11H11BrN4. The molecule has 2 rings (SSSR count). The van der Waals surface area contributed by atoms with Crippen molar-refractivity contribution in [2.75, 3.05) is 5.43 Å². The van der Waals surface area contributed by atoms with Crippen LogP contribution in [0, 0.1) is 6.92 Å². The van der Waals surface area contributed by atoms with Crippen LogP contribution in [0.2, 0.25) is 0 Å². The molecule has 16 heavy (non-hydrogen) atoms. The molecule has 1 aromatic carbocycles. The third-order valence-corrected chi connectivity index (χ3v) is 2.75. The summed E-state index contributed by atoms with van der Waals surface area (Å²) >= 11 is 3.45. The van der Waals surface area contributed by atoms with E-state index < -0.39 is 0 Å². The summed E-state index contributed by atoms with van der Waals surface area (Å²) in [7, 11) is 0. The summed E-state index contributed by atoms with van der Waals surface area (Å²) in [5.74, 6) is 5.69. The number of benzene rings is 1. The summed E-state index contributed by atoms with van der Waals surface area (Å²) in [6.07, 6.45) is 1.68. The van der Waals surface area contributed by atoms with Gasteiger partial charge in [0.2, 0.25) is 5.95 Å². The first-order valence-corrected chi connectivity index (χ1v) is 5.56. The van der Waals surface area contributed by atoms with Crippen LogP contribution in [0.1, 0.15) is 5.56 Å². The summed E-state index contributed by atoms with van der Waals surface area (Å²) in [6, 6.07) is 7.92. The number of hydrogen-bond acceptors (Lipinski definition) is 4. The third-order valence-electron chi connectivity index (χ3n) is 2.26. The predicted octanol–water partition coefficient (Wildman–Crippen LogP) is 2.50. The number of aryl methyl sites for hydroxylation is 1. The molecule has 3 N–H and O–H groups in total. The molecule has 0 aliphatic carbocycles. The number of halogens is 1. The van der Waals surface area contributed by atoms with Gasteiger partial charge in [0.15, 0.2) is 0 Å². The monoisotopic (exact) mass is 278 g/mol. The molecule has 0 aliphatic heterocycles. The van der Waals surface area contributed by atoms with Gasteiger partial charge in [0.1, 0.15) is 0 Å². The van der Waals surface area contributed by atoms with E-state index in [4.69, 9.17) is 5.84 Å². The van der Waals surface area contributed by atoms with Crippen molar-refractivity contribution in [2.45, 2.75) is 6.92 Å². The maximum atomic E-state index is 5.28. The molecule has 0 aliphatic rings. The van der Waals surface area contributed by atoms with Gasteiger partial charge in [0, 0.05) is 16.2 Å². The molecule has 0 fully saturated rings. The van der Waals surface area contributed by atoms with Crippen LogP contribution in [0.4, 0.5) is 5.95 Å². The Hall–Kier alpha value is -1.46. The Morgan fingerprint density at radius 2 is 2.12 bits per heavy atom. The number of nitrogens with one attached hydrogen (secondary N) is 1. The Morgan fingerprint density at radius 1 is 1.31 bits per heavy atom.